The molecule has 1 aliphatic heterocycles. The first-order valence-electron chi connectivity index (χ1n) is 12.6. The third kappa shape index (κ3) is 7.83. The largest absolute Gasteiger partial charge is 0.464 e. The molecule has 10 heteroatoms. The number of aryl methyl sites for hydroxylation is 1. The number of thiazole rings is 1. The van der Waals surface area contributed by atoms with Crippen LogP contribution in [-0.4, -0.2) is 64.0 Å². The molecule has 0 bridgehead atoms. The molecule has 2 aliphatic rings. The minimum absolute atomic E-state index is 0.0559. The van der Waals surface area contributed by atoms with Crippen molar-refractivity contribution in [2.45, 2.75) is 70.4 Å². The number of hydrogen-bond donors (Lipinski definition) is 0. The van der Waals surface area contributed by atoms with Crippen LogP contribution in [0.2, 0.25) is 0 Å². The molecule has 0 radical (unpaired) electrons. The molecule has 4 rings (SSSR count). The number of rotatable bonds is 10. The zero-order valence-electron chi connectivity index (χ0n) is 20.6. The zero-order chi connectivity index (χ0) is 25.5. The number of ether oxygens (including phenoxy) is 1. The van der Waals surface area contributed by atoms with E-state index in [1.807, 2.05) is 6.92 Å². The Labute approximate surface area is 214 Å². The van der Waals surface area contributed by atoms with Gasteiger partial charge in [-0.1, -0.05) is 11.3 Å². The van der Waals surface area contributed by atoms with E-state index in [1.165, 1.54) is 11.3 Å². The van der Waals surface area contributed by atoms with Crippen molar-refractivity contribution in [3.8, 4) is 5.19 Å². The van der Waals surface area contributed by atoms with E-state index in [0.717, 1.165) is 54.9 Å². The smallest absolute Gasteiger partial charge is 0.273 e. The summed E-state index contributed by atoms with van der Waals surface area (Å²) >= 11 is 1.34. The number of ketones is 1. The molecular formula is C26H33F3N4O2S. The highest BCUT2D eigenvalue weighted by Gasteiger charge is 2.36. The van der Waals surface area contributed by atoms with E-state index in [2.05, 4.69) is 19.9 Å². The van der Waals surface area contributed by atoms with E-state index in [9.17, 15) is 13.6 Å². The van der Waals surface area contributed by atoms with E-state index in [0.29, 0.717) is 43.2 Å². The second-order valence-electron chi connectivity index (χ2n) is 9.81. The number of aromatic nitrogens is 3. The average molecular weight is 523 g/mol. The van der Waals surface area contributed by atoms with E-state index in [1.54, 1.807) is 24.5 Å². The molecule has 0 atom stereocenters. The first kappa shape index (κ1) is 26.7. The van der Waals surface area contributed by atoms with E-state index < -0.39 is 18.7 Å². The molecule has 0 unspecified atom stereocenters. The Morgan fingerprint density at radius 3 is 2.69 bits per heavy atom. The maximum atomic E-state index is 15.5. The fraction of sp³-hybridized carbons (Fsp3) is 0.615. The van der Waals surface area contributed by atoms with Crippen LogP contribution in [-0.2, 0) is 17.6 Å². The number of carbonyl (C=O) groups excluding carboxylic acids is 1. The Bertz CT molecular complexity index is 1010. The van der Waals surface area contributed by atoms with Crippen molar-refractivity contribution in [3.05, 3.63) is 40.4 Å². The number of halogens is 3. The van der Waals surface area contributed by atoms with Crippen LogP contribution in [0.15, 0.2) is 18.5 Å². The number of nitrogens with zero attached hydrogens (tertiary/aromatic N) is 4. The molecule has 3 heterocycles. The molecule has 196 valence electrons. The molecule has 0 aromatic carbocycles. The van der Waals surface area contributed by atoms with Crippen molar-refractivity contribution >= 4 is 23.2 Å². The van der Waals surface area contributed by atoms with Gasteiger partial charge in [-0.25, -0.2) is 28.1 Å². The molecular weight excluding hydrogens is 489 g/mol. The highest BCUT2D eigenvalue weighted by molar-refractivity contribution is 7.13. The van der Waals surface area contributed by atoms with Crippen molar-refractivity contribution < 1.29 is 22.7 Å². The summed E-state index contributed by atoms with van der Waals surface area (Å²) in [6, 6.07) is 0. The van der Waals surface area contributed by atoms with Gasteiger partial charge in [-0.05, 0) is 63.5 Å². The Kier molecular flexibility index (Phi) is 9.11. The highest BCUT2D eigenvalue weighted by Crippen LogP contribution is 2.39. The van der Waals surface area contributed by atoms with Crippen LogP contribution < -0.4 is 4.74 Å². The van der Waals surface area contributed by atoms with E-state index in [4.69, 9.17) is 4.74 Å². The first-order chi connectivity index (χ1) is 17.3. The van der Waals surface area contributed by atoms with Crippen molar-refractivity contribution in [3.63, 3.8) is 0 Å². The predicted octanol–water partition coefficient (Wildman–Crippen LogP) is 5.25. The summed E-state index contributed by atoms with van der Waals surface area (Å²) in [6.45, 7) is 3.44. The maximum absolute atomic E-state index is 15.5. The minimum Gasteiger partial charge on any atom is -0.464 e. The second kappa shape index (κ2) is 12.3. The van der Waals surface area contributed by atoms with Crippen LogP contribution in [0.1, 0.15) is 60.5 Å². The topological polar surface area (TPSA) is 68.2 Å². The lowest BCUT2D eigenvalue weighted by Gasteiger charge is -2.35. The van der Waals surface area contributed by atoms with Gasteiger partial charge in [-0.15, -0.1) is 0 Å². The van der Waals surface area contributed by atoms with E-state index >= 15 is 4.39 Å². The summed E-state index contributed by atoms with van der Waals surface area (Å²) in [4.78, 5) is 28.3. The Hall–Kier alpha value is -2.33. The zero-order valence-corrected chi connectivity index (χ0v) is 21.4. The molecule has 6 nitrogen and oxygen atoms in total. The summed E-state index contributed by atoms with van der Waals surface area (Å²) in [5.41, 5.74) is 0.524. The van der Waals surface area contributed by atoms with Gasteiger partial charge < -0.3 is 9.64 Å². The summed E-state index contributed by atoms with van der Waals surface area (Å²) in [5.74, 6) is 0.968. The van der Waals surface area contributed by atoms with Gasteiger partial charge in [0.05, 0.1) is 5.69 Å². The SMILES string of the molecule is Cc1ncc(/C=C/C(=O)CC2CCC(F)(CCN3CCc4nc(OCC(F)F)sc4CC3)CC2)cn1. The molecule has 2 aromatic heterocycles. The Balaban J connectivity index is 1.17. The summed E-state index contributed by atoms with van der Waals surface area (Å²) < 4.78 is 45.3. The van der Waals surface area contributed by atoms with Crippen LogP contribution in [0.25, 0.3) is 6.08 Å². The maximum Gasteiger partial charge on any atom is 0.273 e. The average Bonchev–Trinajstić information content (AvgIpc) is 3.15. The lowest BCUT2D eigenvalue weighted by molar-refractivity contribution is -0.115. The van der Waals surface area contributed by atoms with Gasteiger partial charge in [-0.3, -0.25) is 4.79 Å². The highest BCUT2D eigenvalue weighted by atomic mass is 32.1. The number of hydrogen-bond acceptors (Lipinski definition) is 7. The van der Waals surface area contributed by atoms with Crippen LogP contribution in [0.4, 0.5) is 13.2 Å². The van der Waals surface area contributed by atoms with Crippen molar-refractivity contribution in [2.75, 3.05) is 26.2 Å². The predicted molar refractivity (Wildman–Crippen MR) is 133 cm³/mol. The van der Waals surface area contributed by atoms with Crippen molar-refractivity contribution in [2.24, 2.45) is 5.92 Å². The first-order valence-corrected chi connectivity index (χ1v) is 13.4. The molecule has 2 aromatic rings. The quantitative estimate of drug-likeness (QED) is 0.397. The third-order valence-electron chi connectivity index (χ3n) is 7.04. The number of alkyl halides is 3. The number of carbonyl (C=O) groups is 1. The molecule has 1 aliphatic carbocycles. The van der Waals surface area contributed by atoms with Gasteiger partial charge in [-0.2, -0.15) is 0 Å². The Morgan fingerprint density at radius 2 is 1.97 bits per heavy atom. The summed E-state index contributed by atoms with van der Waals surface area (Å²) in [6.07, 6.45) is 9.05. The molecule has 36 heavy (non-hydrogen) atoms. The second-order valence-corrected chi connectivity index (χ2v) is 10.9. The Morgan fingerprint density at radius 1 is 1.25 bits per heavy atom. The number of fused-ring (bicyclic) bond motifs is 1. The molecule has 0 spiro atoms. The lowest BCUT2D eigenvalue weighted by atomic mass is 9.76. The fourth-order valence-corrected chi connectivity index (χ4v) is 5.80. The molecule has 0 amide bonds. The lowest BCUT2D eigenvalue weighted by Crippen LogP contribution is -2.36. The minimum atomic E-state index is -2.51. The van der Waals surface area contributed by atoms with Crippen LogP contribution in [0.5, 0.6) is 5.19 Å². The van der Waals surface area contributed by atoms with Crippen LogP contribution in [0, 0.1) is 12.8 Å². The van der Waals surface area contributed by atoms with Gasteiger partial charge in [0, 0.05) is 55.3 Å². The van der Waals surface area contributed by atoms with E-state index in [-0.39, 0.29) is 11.7 Å². The van der Waals surface area contributed by atoms with Gasteiger partial charge in [0.15, 0.2) is 12.4 Å². The van der Waals surface area contributed by atoms with Crippen LogP contribution in [0.3, 0.4) is 0 Å². The summed E-state index contributed by atoms with van der Waals surface area (Å²) in [7, 11) is 0. The van der Waals surface area contributed by atoms with Crippen LogP contribution >= 0.6 is 11.3 Å². The van der Waals surface area contributed by atoms with Gasteiger partial charge in [0.25, 0.3) is 11.6 Å². The van der Waals surface area contributed by atoms with Gasteiger partial charge in [0.1, 0.15) is 11.5 Å². The fourth-order valence-electron chi connectivity index (χ4n) is 4.84. The molecule has 0 saturated heterocycles. The molecule has 1 fully saturated rings. The van der Waals surface area contributed by atoms with Gasteiger partial charge in [0.2, 0.25) is 0 Å². The standard InChI is InChI=1S/C26H33F3N4O2S/c1-18-30-15-20(16-31-18)2-3-21(34)14-19-4-8-26(29,9-5-19)10-13-33-11-6-22-23(7-12-33)36-25(32-22)35-17-24(27)28/h2-3,15-16,19,24H,4-14,17H2,1H3/b3-2+. The molecule has 0 N–H and O–H groups in total. The molecule has 1 saturated carbocycles. The van der Waals surface area contributed by atoms with Crippen molar-refractivity contribution in [1.82, 2.24) is 19.9 Å². The summed E-state index contributed by atoms with van der Waals surface area (Å²) in [5, 5.41) is 0.311. The van der Waals surface area contributed by atoms with Gasteiger partial charge >= 0.3 is 0 Å². The number of allylic oxidation sites excluding steroid dienone is 1. The third-order valence-corrected chi connectivity index (χ3v) is 8.11. The normalized spacial score (nSPS) is 23.1. The monoisotopic (exact) mass is 522 g/mol. The van der Waals surface area contributed by atoms with Crippen molar-refractivity contribution in [1.29, 1.82) is 0 Å².